The molecule has 0 radical (unpaired) electrons. The van der Waals surface area contributed by atoms with Gasteiger partial charge in [0.2, 0.25) is 10.0 Å². The van der Waals surface area contributed by atoms with Gasteiger partial charge in [-0.1, -0.05) is 30.2 Å². The fourth-order valence-corrected chi connectivity index (χ4v) is 8.48. The lowest BCUT2D eigenvalue weighted by Crippen LogP contribution is -2.56. The minimum Gasteiger partial charge on any atom is -0.448 e. The second kappa shape index (κ2) is 12.3. The first-order valence-corrected chi connectivity index (χ1v) is 16.2. The minimum absolute atomic E-state index is 0.0582. The van der Waals surface area contributed by atoms with E-state index in [2.05, 4.69) is 11.8 Å². The van der Waals surface area contributed by atoms with Gasteiger partial charge in [0.15, 0.2) is 0 Å². The number of ether oxygens (including phenoxy) is 1. The summed E-state index contributed by atoms with van der Waals surface area (Å²) in [4.78, 5) is 17.6. The van der Waals surface area contributed by atoms with Crippen LogP contribution in [0.3, 0.4) is 0 Å². The van der Waals surface area contributed by atoms with Gasteiger partial charge in [-0.3, -0.25) is 4.90 Å². The SMILES string of the molecule is CC1(N2CCCCC2)CCN(C(=O)OC[C@@H]2CCC[C@H](c3cccc(F)c3)N2S(=O)(=O)c2ccc(Cl)cc2)CC1. The number of hydrogen-bond donors (Lipinski definition) is 0. The first-order chi connectivity index (χ1) is 19.2. The van der Waals surface area contributed by atoms with Crippen LogP contribution in [0.5, 0.6) is 0 Å². The van der Waals surface area contributed by atoms with Gasteiger partial charge >= 0.3 is 6.09 Å². The number of carbonyl (C=O) groups is 1. The molecule has 0 bridgehead atoms. The van der Waals surface area contributed by atoms with Crippen LogP contribution in [0.15, 0.2) is 53.4 Å². The maximum absolute atomic E-state index is 14.2. The van der Waals surface area contributed by atoms with E-state index in [0.717, 1.165) is 32.4 Å². The van der Waals surface area contributed by atoms with E-state index >= 15 is 0 Å². The number of carbonyl (C=O) groups excluding carboxylic acids is 1. The minimum atomic E-state index is -4.00. The van der Waals surface area contributed by atoms with Crippen molar-refractivity contribution in [2.45, 2.75) is 80.8 Å². The van der Waals surface area contributed by atoms with Crippen LogP contribution in [0, 0.1) is 5.82 Å². The second-order valence-corrected chi connectivity index (χ2v) is 13.8. The van der Waals surface area contributed by atoms with Crippen molar-refractivity contribution in [2.75, 3.05) is 32.8 Å². The molecule has 0 aliphatic carbocycles. The van der Waals surface area contributed by atoms with Gasteiger partial charge < -0.3 is 9.64 Å². The maximum atomic E-state index is 14.2. The zero-order chi connectivity index (χ0) is 28.3. The number of piperidine rings is 3. The molecule has 2 atom stereocenters. The van der Waals surface area contributed by atoms with Crippen molar-refractivity contribution in [3.05, 3.63) is 64.9 Å². The van der Waals surface area contributed by atoms with E-state index in [4.69, 9.17) is 16.3 Å². The summed E-state index contributed by atoms with van der Waals surface area (Å²) in [5.41, 5.74) is 0.684. The first kappa shape index (κ1) is 29.3. The number of halogens is 2. The molecule has 7 nitrogen and oxygen atoms in total. The van der Waals surface area contributed by atoms with Crippen molar-refractivity contribution in [3.8, 4) is 0 Å². The second-order valence-electron chi connectivity index (χ2n) is 11.6. The molecule has 0 saturated carbocycles. The normalized spacial score (nSPS) is 24.5. The summed E-state index contributed by atoms with van der Waals surface area (Å²) < 4.78 is 49.4. The predicted molar refractivity (Wildman–Crippen MR) is 153 cm³/mol. The summed E-state index contributed by atoms with van der Waals surface area (Å²) in [5, 5.41) is 0.433. The summed E-state index contributed by atoms with van der Waals surface area (Å²) in [6.45, 7) is 5.72. The Morgan fingerprint density at radius 2 is 1.70 bits per heavy atom. The molecule has 218 valence electrons. The molecule has 3 saturated heterocycles. The third kappa shape index (κ3) is 6.32. The summed E-state index contributed by atoms with van der Waals surface area (Å²) in [6.07, 6.45) is 6.95. The molecular formula is C30H39ClFN3O4S. The molecule has 3 heterocycles. The first-order valence-electron chi connectivity index (χ1n) is 14.4. The highest BCUT2D eigenvalue weighted by molar-refractivity contribution is 7.89. The summed E-state index contributed by atoms with van der Waals surface area (Å²) in [7, 11) is -4.00. The van der Waals surface area contributed by atoms with Crippen LogP contribution in [-0.2, 0) is 14.8 Å². The predicted octanol–water partition coefficient (Wildman–Crippen LogP) is 6.24. The Bertz CT molecular complexity index is 1280. The highest BCUT2D eigenvalue weighted by Gasteiger charge is 2.42. The Labute approximate surface area is 242 Å². The highest BCUT2D eigenvalue weighted by atomic mass is 35.5. The average molecular weight is 592 g/mol. The zero-order valence-electron chi connectivity index (χ0n) is 23.1. The van der Waals surface area contributed by atoms with E-state index in [0.29, 0.717) is 36.5 Å². The number of likely N-dealkylation sites (tertiary alicyclic amines) is 2. The molecule has 1 amide bonds. The molecule has 2 aromatic rings. The molecule has 0 spiro atoms. The van der Waals surface area contributed by atoms with Gasteiger partial charge in [-0.25, -0.2) is 17.6 Å². The van der Waals surface area contributed by atoms with Crippen molar-refractivity contribution in [1.29, 1.82) is 0 Å². The number of rotatable bonds is 6. The number of amides is 1. The van der Waals surface area contributed by atoms with Crippen LogP contribution in [0.1, 0.15) is 69.9 Å². The molecule has 3 aliphatic heterocycles. The van der Waals surface area contributed by atoms with Crippen LogP contribution < -0.4 is 0 Å². The van der Waals surface area contributed by atoms with Crippen molar-refractivity contribution in [1.82, 2.24) is 14.1 Å². The fraction of sp³-hybridized carbons (Fsp3) is 0.567. The van der Waals surface area contributed by atoms with Gasteiger partial charge in [-0.05, 0) is 107 Å². The van der Waals surface area contributed by atoms with Gasteiger partial charge in [0.25, 0.3) is 0 Å². The quantitative estimate of drug-likeness (QED) is 0.398. The van der Waals surface area contributed by atoms with Crippen LogP contribution in [0.2, 0.25) is 5.02 Å². The number of hydrogen-bond acceptors (Lipinski definition) is 5. The fourth-order valence-electron chi connectivity index (χ4n) is 6.51. The van der Waals surface area contributed by atoms with Gasteiger partial charge in [-0.2, -0.15) is 4.31 Å². The third-order valence-corrected chi connectivity index (χ3v) is 11.1. The lowest BCUT2D eigenvalue weighted by atomic mass is 9.86. The van der Waals surface area contributed by atoms with Crippen LogP contribution in [0.4, 0.5) is 9.18 Å². The van der Waals surface area contributed by atoms with E-state index in [9.17, 15) is 17.6 Å². The Morgan fingerprint density at radius 1 is 1.00 bits per heavy atom. The molecule has 0 aromatic heterocycles. The summed E-state index contributed by atoms with van der Waals surface area (Å²) in [5.74, 6) is -0.420. The van der Waals surface area contributed by atoms with E-state index in [-0.39, 0.29) is 17.0 Å². The van der Waals surface area contributed by atoms with Crippen molar-refractivity contribution >= 4 is 27.7 Å². The molecular weight excluding hydrogens is 553 g/mol. The highest BCUT2D eigenvalue weighted by Crippen LogP contribution is 2.39. The number of sulfonamides is 1. The van der Waals surface area contributed by atoms with Crippen LogP contribution in [-0.4, -0.2) is 73.0 Å². The smallest absolute Gasteiger partial charge is 0.409 e. The maximum Gasteiger partial charge on any atom is 0.409 e. The standard InChI is InChI=1S/C30H39ClFN3O4S/c1-30(34-17-3-2-4-18-34)15-19-33(20-16-30)29(36)39-22-26-9-6-10-28(23-7-5-8-25(32)21-23)35(26)40(37,38)27-13-11-24(31)12-14-27/h5,7-8,11-14,21,26,28H,2-4,6,9-10,15-20,22H2,1H3/t26-,28+/m0/s1. The average Bonchev–Trinajstić information content (AvgIpc) is 2.97. The van der Waals surface area contributed by atoms with E-state index < -0.39 is 34.0 Å². The van der Waals surface area contributed by atoms with E-state index in [1.807, 2.05) is 0 Å². The number of nitrogens with zero attached hydrogens (tertiary/aromatic N) is 3. The van der Waals surface area contributed by atoms with E-state index in [1.165, 1.54) is 47.8 Å². The Hall–Kier alpha value is -2.20. The molecule has 5 rings (SSSR count). The molecule has 3 fully saturated rings. The lowest BCUT2D eigenvalue weighted by Gasteiger charge is -2.48. The monoisotopic (exact) mass is 591 g/mol. The van der Waals surface area contributed by atoms with Crippen molar-refractivity contribution < 1.29 is 22.3 Å². The summed E-state index contributed by atoms with van der Waals surface area (Å²) in [6, 6.07) is 11.0. The molecule has 3 aliphatic rings. The van der Waals surface area contributed by atoms with Gasteiger partial charge in [-0.15, -0.1) is 0 Å². The number of benzene rings is 2. The molecule has 40 heavy (non-hydrogen) atoms. The Morgan fingerprint density at radius 3 is 2.38 bits per heavy atom. The molecule has 2 aromatic carbocycles. The summed E-state index contributed by atoms with van der Waals surface area (Å²) >= 11 is 6.02. The molecule has 0 N–H and O–H groups in total. The van der Waals surface area contributed by atoms with Gasteiger partial charge in [0.1, 0.15) is 12.4 Å². The van der Waals surface area contributed by atoms with Crippen LogP contribution in [0.25, 0.3) is 0 Å². The van der Waals surface area contributed by atoms with Crippen LogP contribution >= 0.6 is 11.6 Å². The zero-order valence-corrected chi connectivity index (χ0v) is 24.7. The van der Waals surface area contributed by atoms with Gasteiger partial charge in [0.05, 0.1) is 17.0 Å². The Balaban J connectivity index is 1.31. The molecule has 10 heteroatoms. The topological polar surface area (TPSA) is 70.2 Å². The Kier molecular flexibility index (Phi) is 9.05. The van der Waals surface area contributed by atoms with E-state index in [1.54, 1.807) is 29.2 Å². The van der Waals surface area contributed by atoms with Gasteiger partial charge in [0, 0.05) is 23.7 Å². The molecule has 0 unspecified atom stereocenters. The van der Waals surface area contributed by atoms with Crippen molar-refractivity contribution in [2.24, 2.45) is 0 Å². The lowest BCUT2D eigenvalue weighted by molar-refractivity contribution is 0.0114. The van der Waals surface area contributed by atoms with Crippen molar-refractivity contribution in [3.63, 3.8) is 0 Å². The third-order valence-electron chi connectivity index (χ3n) is 8.92. The largest absolute Gasteiger partial charge is 0.448 e.